The zero-order valence-electron chi connectivity index (χ0n) is 13.7. The van der Waals surface area contributed by atoms with E-state index in [4.69, 9.17) is 0 Å². The average Bonchev–Trinajstić information content (AvgIpc) is 2.91. The minimum absolute atomic E-state index is 0.152. The van der Waals surface area contributed by atoms with E-state index in [-0.39, 0.29) is 11.7 Å². The Kier molecular flexibility index (Phi) is 3.58. The summed E-state index contributed by atoms with van der Waals surface area (Å²) in [5.74, 6) is 0.0453. The number of benzene rings is 3. The van der Waals surface area contributed by atoms with Crippen LogP contribution in [0.1, 0.15) is 12.5 Å². The normalized spacial score (nSPS) is 15.9. The van der Waals surface area contributed by atoms with Crippen molar-refractivity contribution in [2.45, 2.75) is 6.92 Å². The van der Waals surface area contributed by atoms with Crippen LogP contribution in [-0.2, 0) is 4.79 Å². The third kappa shape index (κ3) is 2.78. The predicted molar refractivity (Wildman–Crippen MR) is 101 cm³/mol. The second kappa shape index (κ2) is 5.91. The van der Waals surface area contributed by atoms with Crippen molar-refractivity contribution in [2.24, 2.45) is 5.10 Å². The molecule has 4 nitrogen and oxygen atoms in total. The molecule has 1 heterocycles. The van der Waals surface area contributed by atoms with Crippen molar-refractivity contribution in [3.8, 4) is 5.75 Å². The number of phenolic OH excluding ortho intramolecular Hbond substituents is 1. The van der Waals surface area contributed by atoms with Crippen LogP contribution in [0.25, 0.3) is 16.8 Å². The van der Waals surface area contributed by atoms with E-state index >= 15 is 0 Å². The minimum Gasteiger partial charge on any atom is -0.508 e. The molecule has 1 aliphatic heterocycles. The number of aromatic hydroxyl groups is 1. The van der Waals surface area contributed by atoms with Crippen LogP contribution in [0.5, 0.6) is 5.75 Å². The molecule has 1 aliphatic rings. The quantitative estimate of drug-likeness (QED) is 0.711. The molecule has 122 valence electrons. The van der Waals surface area contributed by atoms with Gasteiger partial charge in [-0.1, -0.05) is 42.5 Å². The summed E-state index contributed by atoms with van der Waals surface area (Å²) >= 11 is 0. The predicted octanol–water partition coefficient (Wildman–Crippen LogP) is 4.35. The van der Waals surface area contributed by atoms with Gasteiger partial charge in [0.15, 0.2) is 0 Å². The standard InChI is InChI=1S/C21H16N2O2/c1-14-20(12-15-6-10-19(24)11-7-15)21(25)23(22-14)18-9-8-16-4-2-3-5-17(16)13-18/h2-13,24H,1H3/b20-12-. The van der Waals surface area contributed by atoms with Gasteiger partial charge in [0.05, 0.1) is 17.0 Å². The van der Waals surface area contributed by atoms with E-state index in [2.05, 4.69) is 5.10 Å². The van der Waals surface area contributed by atoms with Crippen molar-refractivity contribution < 1.29 is 9.90 Å². The van der Waals surface area contributed by atoms with Gasteiger partial charge in [-0.15, -0.1) is 0 Å². The highest BCUT2D eigenvalue weighted by molar-refractivity contribution is 6.32. The summed E-state index contributed by atoms with van der Waals surface area (Å²) in [6.07, 6.45) is 1.79. The van der Waals surface area contributed by atoms with Gasteiger partial charge >= 0.3 is 0 Å². The molecule has 3 aromatic carbocycles. The molecule has 25 heavy (non-hydrogen) atoms. The summed E-state index contributed by atoms with van der Waals surface area (Å²) in [4.78, 5) is 12.8. The van der Waals surface area contributed by atoms with E-state index in [1.807, 2.05) is 49.4 Å². The number of hydrazone groups is 1. The molecule has 0 fully saturated rings. The topological polar surface area (TPSA) is 52.9 Å². The molecule has 0 atom stereocenters. The van der Waals surface area contributed by atoms with Crippen molar-refractivity contribution in [3.05, 3.63) is 77.9 Å². The number of rotatable bonds is 2. The smallest absolute Gasteiger partial charge is 0.280 e. The number of phenols is 1. The summed E-state index contributed by atoms with van der Waals surface area (Å²) < 4.78 is 0. The molecular formula is C21H16N2O2. The summed E-state index contributed by atoms with van der Waals surface area (Å²) in [6.45, 7) is 1.82. The molecule has 0 saturated heterocycles. The molecule has 0 bridgehead atoms. The van der Waals surface area contributed by atoms with Crippen LogP contribution >= 0.6 is 0 Å². The van der Waals surface area contributed by atoms with E-state index in [9.17, 15) is 9.90 Å². The Balaban J connectivity index is 1.70. The number of amides is 1. The van der Waals surface area contributed by atoms with Crippen LogP contribution in [0.15, 0.2) is 77.4 Å². The van der Waals surface area contributed by atoms with Crippen LogP contribution in [0.2, 0.25) is 0 Å². The van der Waals surface area contributed by atoms with Gasteiger partial charge in [-0.05, 0) is 53.6 Å². The largest absolute Gasteiger partial charge is 0.508 e. The lowest BCUT2D eigenvalue weighted by atomic mass is 10.1. The van der Waals surface area contributed by atoms with Gasteiger partial charge in [-0.3, -0.25) is 4.79 Å². The molecule has 3 aromatic rings. The molecule has 0 saturated carbocycles. The van der Waals surface area contributed by atoms with Crippen molar-refractivity contribution in [1.29, 1.82) is 0 Å². The third-order valence-corrected chi connectivity index (χ3v) is 4.24. The first-order valence-corrected chi connectivity index (χ1v) is 8.01. The Morgan fingerprint density at radius 3 is 2.44 bits per heavy atom. The maximum absolute atomic E-state index is 12.8. The molecule has 1 amide bonds. The van der Waals surface area contributed by atoms with Crippen LogP contribution in [0, 0.1) is 0 Å². The molecule has 4 heteroatoms. The van der Waals surface area contributed by atoms with Gasteiger partial charge in [-0.2, -0.15) is 10.1 Å². The Morgan fingerprint density at radius 1 is 0.960 bits per heavy atom. The first-order chi connectivity index (χ1) is 12.1. The number of hydrogen-bond donors (Lipinski definition) is 1. The van der Waals surface area contributed by atoms with E-state index in [0.29, 0.717) is 11.3 Å². The van der Waals surface area contributed by atoms with Gasteiger partial charge in [-0.25, -0.2) is 0 Å². The monoisotopic (exact) mass is 328 g/mol. The van der Waals surface area contributed by atoms with Crippen LogP contribution in [0.4, 0.5) is 5.69 Å². The lowest BCUT2D eigenvalue weighted by Crippen LogP contribution is -2.21. The highest BCUT2D eigenvalue weighted by Gasteiger charge is 2.28. The number of nitrogens with zero attached hydrogens (tertiary/aromatic N) is 2. The Labute approximate surface area is 145 Å². The molecule has 1 N–H and O–H groups in total. The SMILES string of the molecule is CC1=NN(c2ccc3ccccc3c2)C(=O)/C1=C\c1ccc(O)cc1. The van der Waals surface area contributed by atoms with Gasteiger partial charge in [0.2, 0.25) is 0 Å². The van der Waals surface area contributed by atoms with E-state index in [0.717, 1.165) is 22.0 Å². The fraction of sp³-hybridized carbons (Fsp3) is 0.0476. The van der Waals surface area contributed by atoms with Crippen molar-refractivity contribution in [3.63, 3.8) is 0 Å². The lowest BCUT2D eigenvalue weighted by Gasteiger charge is -2.12. The fourth-order valence-electron chi connectivity index (χ4n) is 2.90. The highest BCUT2D eigenvalue weighted by atomic mass is 16.3. The highest BCUT2D eigenvalue weighted by Crippen LogP contribution is 2.28. The molecule has 0 aliphatic carbocycles. The first-order valence-electron chi connectivity index (χ1n) is 8.01. The molecule has 0 radical (unpaired) electrons. The van der Waals surface area contributed by atoms with E-state index in [1.54, 1.807) is 30.3 Å². The zero-order valence-corrected chi connectivity index (χ0v) is 13.7. The minimum atomic E-state index is -0.152. The second-order valence-corrected chi connectivity index (χ2v) is 5.98. The number of anilines is 1. The molecule has 0 unspecified atom stereocenters. The summed E-state index contributed by atoms with van der Waals surface area (Å²) in [6, 6.07) is 20.6. The molecule has 0 spiro atoms. The van der Waals surface area contributed by atoms with Gasteiger partial charge in [0, 0.05) is 0 Å². The summed E-state index contributed by atoms with van der Waals surface area (Å²) in [7, 11) is 0. The van der Waals surface area contributed by atoms with Gasteiger partial charge in [0.25, 0.3) is 5.91 Å². The van der Waals surface area contributed by atoms with Crippen molar-refractivity contribution in [1.82, 2.24) is 0 Å². The summed E-state index contributed by atoms with van der Waals surface area (Å²) in [5, 5.41) is 17.4. The number of carbonyl (C=O) groups excluding carboxylic acids is 1. The van der Waals surface area contributed by atoms with E-state index < -0.39 is 0 Å². The number of fused-ring (bicyclic) bond motifs is 1. The second-order valence-electron chi connectivity index (χ2n) is 5.98. The number of hydrogen-bond acceptors (Lipinski definition) is 3. The Morgan fingerprint density at radius 2 is 1.68 bits per heavy atom. The van der Waals surface area contributed by atoms with E-state index in [1.165, 1.54) is 5.01 Å². The maximum atomic E-state index is 12.8. The Hall–Kier alpha value is -3.40. The lowest BCUT2D eigenvalue weighted by molar-refractivity contribution is -0.114. The van der Waals surface area contributed by atoms with Crippen LogP contribution in [0.3, 0.4) is 0 Å². The van der Waals surface area contributed by atoms with Crippen LogP contribution in [-0.4, -0.2) is 16.7 Å². The molecule has 4 rings (SSSR count). The fourth-order valence-corrected chi connectivity index (χ4v) is 2.90. The zero-order chi connectivity index (χ0) is 17.4. The molecule has 0 aromatic heterocycles. The Bertz CT molecular complexity index is 1030. The first kappa shape index (κ1) is 15.1. The van der Waals surface area contributed by atoms with Crippen molar-refractivity contribution >= 4 is 34.2 Å². The summed E-state index contributed by atoms with van der Waals surface area (Å²) in [5.41, 5.74) is 2.82. The molecular weight excluding hydrogens is 312 g/mol. The van der Waals surface area contributed by atoms with Gasteiger partial charge < -0.3 is 5.11 Å². The van der Waals surface area contributed by atoms with Gasteiger partial charge in [0.1, 0.15) is 5.75 Å². The van der Waals surface area contributed by atoms with Crippen LogP contribution < -0.4 is 5.01 Å². The van der Waals surface area contributed by atoms with Crippen molar-refractivity contribution in [2.75, 3.05) is 5.01 Å². The maximum Gasteiger partial charge on any atom is 0.280 e. The third-order valence-electron chi connectivity index (χ3n) is 4.24. The number of carbonyl (C=O) groups is 1. The average molecular weight is 328 g/mol.